The van der Waals surface area contributed by atoms with Crippen LogP contribution in [0.15, 0.2) is 12.2 Å². The maximum Gasteiger partial charge on any atom is 0.250 e. The van der Waals surface area contributed by atoms with E-state index in [9.17, 15) is 0 Å². The minimum absolute atomic E-state index is 0.0770. The lowest BCUT2D eigenvalue weighted by Gasteiger charge is -2.40. The number of allylic oxidation sites excluding steroid dienone is 2. The van der Waals surface area contributed by atoms with Crippen LogP contribution in [0.3, 0.4) is 0 Å². The second kappa shape index (κ2) is 11.0. The molecule has 0 radical (unpaired) electrons. The van der Waals surface area contributed by atoms with Crippen molar-refractivity contribution in [1.29, 1.82) is 0 Å². The van der Waals surface area contributed by atoms with E-state index >= 15 is 0 Å². The molecule has 210 valence electrons. The second-order valence-corrected chi connectivity index (χ2v) is 23.6. The molecule has 0 heterocycles. The Hall–Kier alpha value is -1.41. The SMILES string of the molecule is CCCCOc1c(OCCCC)c(O[Si](C)(C)C(C)(C)C)c2c(c1O[Si](C)(C)C(C)(C)C)C1C=CC2C1. The van der Waals surface area contributed by atoms with E-state index in [0.717, 1.165) is 55.1 Å². The van der Waals surface area contributed by atoms with Gasteiger partial charge in [0.05, 0.1) is 13.2 Å². The maximum atomic E-state index is 7.18. The van der Waals surface area contributed by atoms with Crippen LogP contribution in [0.25, 0.3) is 0 Å². The fourth-order valence-corrected chi connectivity index (χ4v) is 6.52. The van der Waals surface area contributed by atoms with E-state index < -0.39 is 16.6 Å². The lowest BCUT2D eigenvalue weighted by molar-refractivity contribution is 0.247. The van der Waals surface area contributed by atoms with Gasteiger partial charge in [-0.3, -0.25) is 0 Å². The van der Waals surface area contributed by atoms with Crippen LogP contribution in [0.2, 0.25) is 36.3 Å². The number of hydrogen-bond acceptors (Lipinski definition) is 4. The zero-order chi connectivity index (χ0) is 27.8. The molecule has 0 spiro atoms. The minimum atomic E-state index is -2.14. The van der Waals surface area contributed by atoms with Crippen LogP contribution in [0.5, 0.6) is 23.0 Å². The second-order valence-electron chi connectivity index (χ2n) is 14.1. The largest absolute Gasteiger partial charge is 0.541 e. The molecular weight excluding hydrogens is 493 g/mol. The summed E-state index contributed by atoms with van der Waals surface area (Å²) in [7, 11) is -4.28. The summed E-state index contributed by atoms with van der Waals surface area (Å²) in [6.45, 7) is 28.8. The monoisotopic (exact) mass is 546 g/mol. The van der Waals surface area contributed by atoms with Gasteiger partial charge in [0, 0.05) is 23.0 Å². The average molecular weight is 547 g/mol. The van der Waals surface area contributed by atoms with Crippen LogP contribution >= 0.6 is 0 Å². The lowest BCUT2D eigenvalue weighted by Crippen LogP contribution is -2.45. The first-order valence-corrected chi connectivity index (χ1v) is 20.4. The van der Waals surface area contributed by atoms with Gasteiger partial charge in [0.1, 0.15) is 0 Å². The van der Waals surface area contributed by atoms with Crippen LogP contribution in [0.1, 0.15) is 110 Å². The highest BCUT2D eigenvalue weighted by molar-refractivity contribution is 6.75. The molecule has 2 unspecified atom stereocenters. The first-order chi connectivity index (χ1) is 17.1. The van der Waals surface area contributed by atoms with Crippen molar-refractivity contribution in [1.82, 2.24) is 0 Å². The first kappa shape index (κ1) is 30.1. The molecule has 0 N–H and O–H groups in total. The Morgan fingerprint density at radius 3 is 1.30 bits per heavy atom. The van der Waals surface area contributed by atoms with Gasteiger partial charge in [-0.2, -0.15) is 0 Å². The standard InChI is InChI=1S/C31H54O4Si2/c1-13-15-19-32-28-26(34-36(9,10)30(3,4)5)24-22-17-18-23(21-22)25(24)27(29(28)33-20-16-14-2)35-37(11,12)31(6,7)8/h17-18,22-23H,13-16,19-21H2,1-12H3. The molecular formula is C31H54O4Si2. The zero-order valence-electron chi connectivity index (χ0n) is 25.9. The molecule has 6 heteroatoms. The molecule has 1 aromatic rings. The molecule has 2 aliphatic rings. The zero-order valence-corrected chi connectivity index (χ0v) is 27.9. The highest BCUT2D eigenvalue weighted by atomic mass is 28.4. The number of rotatable bonds is 12. The summed E-state index contributed by atoms with van der Waals surface area (Å²) in [6, 6.07) is 0. The third-order valence-electron chi connectivity index (χ3n) is 9.04. The van der Waals surface area contributed by atoms with Crippen molar-refractivity contribution in [2.45, 2.75) is 136 Å². The maximum absolute atomic E-state index is 7.18. The number of unbranched alkanes of at least 4 members (excludes halogenated alkanes) is 2. The van der Waals surface area contributed by atoms with E-state index in [1.54, 1.807) is 0 Å². The molecule has 3 rings (SSSR count). The summed E-state index contributed by atoms with van der Waals surface area (Å²) in [5, 5.41) is 0.154. The van der Waals surface area contributed by atoms with Gasteiger partial charge in [-0.25, -0.2) is 0 Å². The van der Waals surface area contributed by atoms with Crippen molar-refractivity contribution in [2.24, 2.45) is 0 Å². The predicted octanol–water partition coefficient (Wildman–Crippen LogP) is 9.95. The van der Waals surface area contributed by atoms with Crippen molar-refractivity contribution in [2.75, 3.05) is 13.2 Å². The molecule has 0 aliphatic heterocycles. The summed E-state index contributed by atoms with van der Waals surface area (Å²) < 4.78 is 27.7. The molecule has 2 atom stereocenters. The van der Waals surface area contributed by atoms with Gasteiger partial charge < -0.3 is 18.3 Å². The average Bonchev–Trinajstić information content (AvgIpc) is 3.38. The Morgan fingerprint density at radius 2 is 1.00 bits per heavy atom. The number of ether oxygens (including phenoxy) is 2. The van der Waals surface area contributed by atoms with E-state index in [1.807, 2.05) is 0 Å². The molecule has 0 saturated heterocycles. The highest BCUT2D eigenvalue weighted by Crippen LogP contribution is 2.63. The summed E-state index contributed by atoms with van der Waals surface area (Å²) >= 11 is 0. The van der Waals surface area contributed by atoms with E-state index in [0.29, 0.717) is 25.0 Å². The Labute approximate surface area is 229 Å². The summed E-state index contributed by atoms with van der Waals surface area (Å²) in [6.07, 6.45) is 9.98. The summed E-state index contributed by atoms with van der Waals surface area (Å²) in [4.78, 5) is 0. The molecule has 4 nitrogen and oxygen atoms in total. The smallest absolute Gasteiger partial charge is 0.250 e. The number of benzene rings is 1. The molecule has 2 aliphatic carbocycles. The molecule has 0 saturated carbocycles. The number of hydrogen-bond donors (Lipinski definition) is 0. The van der Waals surface area contributed by atoms with Crippen molar-refractivity contribution < 1.29 is 18.3 Å². The first-order valence-electron chi connectivity index (χ1n) is 14.6. The molecule has 2 bridgehead atoms. The van der Waals surface area contributed by atoms with Gasteiger partial charge in [-0.05, 0) is 55.5 Å². The quantitative estimate of drug-likeness (QED) is 0.148. The highest BCUT2D eigenvalue weighted by Gasteiger charge is 2.48. The van der Waals surface area contributed by atoms with Crippen LogP contribution in [-0.4, -0.2) is 29.8 Å². The van der Waals surface area contributed by atoms with Crippen LogP contribution in [0, 0.1) is 0 Å². The Bertz CT molecular complexity index is 906. The van der Waals surface area contributed by atoms with Crippen LogP contribution < -0.4 is 18.3 Å². The van der Waals surface area contributed by atoms with Crippen LogP contribution in [0.4, 0.5) is 0 Å². The fourth-order valence-electron chi connectivity index (χ4n) is 4.48. The third kappa shape index (κ3) is 6.10. The molecule has 37 heavy (non-hydrogen) atoms. The lowest BCUT2D eigenvalue weighted by atomic mass is 9.94. The molecule has 0 aromatic heterocycles. The Morgan fingerprint density at radius 1 is 0.649 bits per heavy atom. The van der Waals surface area contributed by atoms with E-state index in [-0.39, 0.29) is 10.1 Å². The third-order valence-corrected chi connectivity index (χ3v) is 17.7. The van der Waals surface area contributed by atoms with Gasteiger partial charge in [-0.15, -0.1) is 0 Å². The van der Waals surface area contributed by atoms with Crippen molar-refractivity contribution >= 4 is 16.6 Å². The topological polar surface area (TPSA) is 36.9 Å². The minimum Gasteiger partial charge on any atom is -0.541 e. The summed E-state index contributed by atoms with van der Waals surface area (Å²) in [5.74, 6) is 4.12. The molecule has 0 fully saturated rings. The van der Waals surface area contributed by atoms with Gasteiger partial charge >= 0.3 is 0 Å². The van der Waals surface area contributed by atoms with Crippen molar-refractivity contribution in [3.63, 3.8) is 0 Å². The molecule has 0 amide bonds. The Balaban J connectivity index is 2.31. The molecule has 1 aromatic carbocycles. The van der Waals surface area contributed by atoms with Gasteiger partial charge in [0.2, 0.25) is 11.5 Å². The normalized spacial score (nSPS) is 19.2. The van der Waals surface area contributed by atoms with Gasteiger partial charge in [-0.1, -0.05) is 80.4 Å². The van der Waals surface area contributed by atoms with Gasteiger partial charge in [0.15, 0.2) is 11.5 Å². The van der Waals surface area contributed by atoms with Gasteiger partial charge in [0.25, 0.3) is 16.6 Å². The van der Waals surface area contributed by atoms with Crippen LogP contribution in [-0.2, 0) is 0 Å². The van der Waals surface area contributed by atoms with Crippen molar-refractivity contribution in [3.05, 3.63) is 23.3 Å². The number of fused-ring (bicyclic) bond motifs is 5. The van der Waals surface area contributed by atoms with E-state index in [1.165, 1.54) is 11.1 Å². The fraction of sp³-hybridized carbons (Fsp3) is 0.742. The predicted molar refractivity (Wildman–Crippen MR) is 162 cm³/mol. The van der Waals surface area contributed by atoms with E-state index in [4.69, 9.17) is 18.3 Å². The van der Waals surface area contributed by atoms with E-state index in [2.05, 4.69) is 93.7 Å². The Kier molecular flexibility index (Phi) is 8.95. The van der Waals surface area contributed by atoms with Crippen molar-refractivity contribution in [3.8, 4) is 23.0 Å². The summed E-state index contributed by atoms with van der Waals surface area (Å²) in [5.41, 5.74) is 2.58.